The van der Waals surface area contributed by atoms with Gasteiger partial charge >= 0.3 is 0 Å². The maximum absolute atomic E-state index is 5.27. The van der Waals surface area contributed by atoms with Crippen molar-refractivity contribution in [1.82, 2.24) is 0 Å². The van der Waals surface area contributed by atoms with E-state index in [1.165, 1.54) is 10.6 Å². The molecule has 0 radical (unpaired) electrons. The molecule has 0 aliphatic carbocycles. The molecule has 0 bridgehead atoms. The smallest absolute Gasteiger partial charge is 0.0768 e. The van der Waals surface area contributed by atoms with E-state index in [1.807, 2.05) is 36.4 Å². The Morgan fingerprint density at radius 3 is 1.50 bits per heavy atom. The Balaban J connectivity index is 2.44. The van der Waals surface area contributed by atoms with Crippen LogP contribution in [0.15, 0.2) is 60.7 Å². The highest BCUT2D eigenvalue weighted by Crippen LogP contribution is 2.36. The van der Waals surface area contributed by atoms with Crippen LogP contribution in [0.2, 0.25) is 0 Å². The van der Waals surface area contributed by atoms with Crippen molar-refractivity contribution in [1.29, 1.82) is 0 Å². The average molecular weight is 262 g/mol. The minimum Gasteiger partial charge on any atom is -0.131 e. The molecule has 2 aromatic rings. The van der Waals surface area contributed by atoms with Crippen molar-refractivity contribution in [3.05, 3.63) is 60.7 Å². The van der Waals surface area contributed by atoms with E-state index in [-0.39, 0.29) is 0 Å². The topological polar surface area (TPSA) is 0 Å². The number of hydrogen-bond donors (Lipinski definition) is 1. The van der Waals surface area contributed by atoms with Gasteiger partial charge in [-0.1, -0.05) is 72.9 Å². The van der Waals surface area contributed by atoms with E-state index >= 15 is 0 Å². The quantitative estimate of drug-likeness (QED) is 0.503. The summed E-state index contributed by atoms with van der Waals surface area (Å²) in [6.07, 6.45) is 0. The molecule has 0 heterocycles. The first kappa shape index (κ1) is 11.8. The molecule has 80 valence electrons. The molecule has 0 aliphatic heterocycles. The van der Waals surface area contributed by atoms with Crippen LogP contribution in [0.3, 0.4) is 0 Å². The molecule has 0 aromatic heterocycles. The number of rotatable bonds is 3. The molecule has 0 atom stereocenters. The van der Waals surface area contributed by atoms with Crippen LogP contribution in [0.1, 0.15) is 0 Å². The summed E-state index contributed by atoms with van der Waals surface area (Å²) in [7, 11) is -0.614. The zero-order valence-electron chi connectivity index (χ0n) is 8.58. The van der Waals surface area contributed by atoms with Crippen molar-refractivity contribution in [2.24, 2.45) is 0 Å². The molecule has 0 saturated carbocycles. The maximum Gasteiger partial charge on any atom is 0.0768 e. The lowest BCUT2D eigenvalue weighted by molar-refractivity contribution is 1.76. The first-order valence-corrected chi connectivity index (χ1v) is 7.12. The van der Waals surface area contributed by atoms with Crippen LogP contribution in [0.5, 0.6) is 0 Å². The fourth-order valence-corrected chi connectivity index (χ4v) is 4.53. The number of hydrogen-bond acceptors (Lipinski definition) is 1. The van der Waals surface area contributed by atoms with Crippen LogP contribution in [-0.2, 0) is 0 Å². The summed E-state index contributed by atoms with van der Waals surface area (Å²) in [5.41, 5.74) is 0. The Hall–Kier alpha value is -0.690. The Morgan fingerprint density at radius 1 is 0.812 bits per heavy atom. The third-order valence-electron chi connectivity index (χ3n) is 2.22. The molecule has 0 N–H and O–H groups in total. The molecule has 0 saturated heterocycles. The summed E-state index contributed by atoms with van der Waals surface area (Å²) >= 11 is 9.65. The fraction of sp³-hybridized carbons (Fsp3) is 0. The van der Waals surface area contributed by atoms with Crippen LogP contribution in [0, 0.1) is 0 Å². The van der Waals surface area contributed by atoms with Crippen molar-refractivity contribution < 1.29 is 0 Å². The van der Waals surface area contributed by atoms with Crippen molar-refractivity contribution >= 4 is 47.3 Å². The molecule has 0 unspecified atom stereocenters. The van der Waals surface area contributed by atoms with Crippen LogP contribution in [-0.4, -0.2) is 3.94 Å². The molecule has 0 fully saturated rings. The van der Waals surface area contributed by atoms with Gasteiger partial charge in [0.2, 0.25) is 0 Å². The summed E-state index contributed by atoms with van der Waals surface area (Å²) in [5, 5.41) is 2.51. The highest BCUT2D eigenvalue weighted by Gasteiger charge is 2.15. The zero-order valence-corrected chi connectivity index (χ0v) is 11.2. The monoisotopic (exact) mass is 262 g/mol. The Kier molecular flexibility index (Phi) is 4.11. The van der Waals surface area contributed by atoms with Crippen molar-refractivity contribution in [3.8, 4) is 0 Å². The van der Waals surface area contributed by atoms with E-state index < -0.39 is 7.92 Å². The largest absolute Gasteiger partial charge is 0.131 e. The van der Waals surface area contributed by atoms with E-state index in [2.05, 4.69) is 36.9 Å². The standard InChI is InChI=1S/C13H11PS2/c15-13(16)14(11-7-3-1-4-8-11)12-9-5-2-6-10-12/h1-10H,(H,15,16). The van der Waals surface area contributed by atoms with Crippen molar-refractivity contribution in [3.63, 3.8) is 0 Å². The second-order valence-corrected chi connectivity index (χ2v) is 7.25. The van der Waals surface area contributed by atoms with E-state index in [0.29, 0.717) is 0 Å². The van der Waals surface area contributed by atoms with E-state index in [0.717, 1.165) is 3.94 Å². The second-order valence-electron chi connectivity index (χ2n) is 3.29. The summed E-state index contributed by atoms with van der Waals surface area (Å²) < 4.78 is 0.771. The Labute approximate surface area is 108 Å². The van der Waals surface area contributed by atoms with Gasteiger partial charge in [-0.2, -0.15) is 0 Å². The highest BCUT2D eigenvalue weighted by molar-refractivity contribution is 8.30. The van der Waals surface area contributed by atoms with Gasteiger partial charge in [0.05, 0.1) is 3.94 Å². The summed E-state index contributed by atoms with van der Waals surface area (Å²) in [5.74, 6) is 0. The molecule has 2 aromatic carbocycles. The molecular formula is C13H11PS2. The first-order chi connectivity index (χ1) is 7.79. The third kappa shape index (κ3) is 2.70. The molecule has 0 nitrogen and oxygen atoms in total. The summed E-state index contributed by atoms with van der Waals surface area (Å²) in [6, 6.07) is 20.6. The van der Waals surface area contributed by atoms with Gasteiger partial charge in [0.1, 0.15) is 0 Å². The van der Waals surface area contributed by atoms with E-state index in [9.17, 15) is 0 Å². The van der Waals surface area contributed by atoms with Gasteiger partial charge in [-0.3, -0.25) is 0 Å². The normalized spacial score (nSPS) is 10.4. The Morgan fingerprint density at radius 2 is 1.19 bits per heavy atom. The molecule has 3 heteroatoms. The van der Waals surface area contributed by atoms with Gasteiger partial charge < -0.3 is 0 Å². The van der Waals surface area contributed by atoms with Crippen LogP contribution < -0.4 is 10.6 Å². The molecule has 0 amide bonds. The van der Waals surface area contributed by atoms with Crippen LogP contribution in [0.25, 0.3) is 0 Å². The predicted molar refractivity (Wildman–Crippen MR) is 80.7 cm³/mol. The fourth-order valence-electron chi connectivity index (χ4n) is 1.52. The van der Waals surface area contributed by atoms with Gasteiger partial charge in [0, 0.05) is 7.92 Å². The van der Waals surface area contributed by atoms with Crippen molar-refractivity contribution in [2.45, 2.75) is 0 Å². The third-order valence-corrected chi connectivity index (χ3v) is 5.38. The van der Waals surface area contributed by atoms with Gasteiger partial charge in [-0.15, -0.1) is 12.6 Å². The molecule has 2 rings (SSSR count). The van der Waals surface area contributed by atoms with Crippen molar-refractivity contribution in [2.75, 3.05) is 0 Å². The minimum absolute atomic E-state index is 0.614. The predicted octanol–water partition coefficient (Wildman–Crippen LogP) is 3.33. The van der Waals surface area contributed by atoms with Gasteiger partial charge in [-0.05, 0) is 10.6 Å². The summed E-state index contributed by atoms with van der Waals surface area (Å²) in [6.45, 7) is 0. The van der Waals surface area contributed by atoms with Crippen LogP contribution >= 0.6 is 32.8 Å². The number of thiol groups is 1. The number of thiocarbonyl (C=S) groups is 1. The first-order valence-electron chi connectivity index (χ1n) is 4.92. The lowest BCUT2D eigenvalue weighted by atomic mass is 10.4. The molecular weight excluding hydrogens is 251 g/mol. The number of benzene rings is 2. The minimum atomic E-state index is -0.614. The lowest BCUT2D eigenvalue weighted by Gasteiger charge is -2.16. The zero-order chi connectivity index (χ0) is 11.4. The van der Waals surface area contributed by atoms with Crippen LogP contribution in [0.4, 0.5) is 0 Å². The van der Waals surface area contributed by atoms with Gasteiger partial charge in [0.25, 0.3) is 0 Å². The second kappa shape index (κ2) is 5.58. The van der Waals surface area contributed by atoms with E-state index in [4.69, 9.17) is 12.2 Å². The molecule has 16 heavy (non-hydrogen) atoms. The van der Waals surface area contributed by atoms with Gasteiger partial charge in [-0.25, -0.2) is 0 Å². The SMILES string of the molecule is S=C(S)P(c1ccccc1)c1ccccc1. The lowest BCUT2D eigenvalue weighted by Crippen LogP contribution is -2.14. The maximum atomic E-state index is 5.27. The highest BCUT2D eigenvalue weighted by atomic mass is 32.1. The molecule has 0 aliphatic rings. The van der Waals surface area contributed by atoms with E-state index in [1.54, 1.807) is 0 Å². The van der Waals surface area contributed by atoms with Gasteiger partial charge in [0.15, 0.2) is 0 Å². The average Bonchev–Trinajstić information content (AvgIpc) is 2.31. The summed E-state index contributed by atoms with van der Waals surface area (Å²) in [4.78, 5) is 0. The molecule has 0 spiro atoms. The Bertz CT molecular complexity index is 428.